The van der Waals surface area contributed by atoms with Crippen LogP contribution >= 0.6 is 0 Å². The van der Waals surface area contributed by atoms with Gasteiger partial charge in [-0.05, 0) is 68.4 Å². The number of ketones is 1. The smallest absolute Gasteiger partial charge is 0.302 e. The molecule has 0 aromatic heterocycles. The van der Waals surface area contributed by atoms with Gasteiger partial charge in [0.1, 0.15) is 11.9 Å². The molecule has 4 aliphatic carbocycles. The Morgan fingerprint density at radius 1 is 1.13 bits per heavy atom. The van der Waals surface area contributed by atoms with Crippen molar-refractivity contribution in [1.29, 1.82) is 0 Å². The van der Waals surface area contributed by atoms with Crippen molar-refractivity contribution >= 4 is 17.5 Å². The van der Waals surface area contributed by atoms with Crippen molar-refractivity contribution in [3.05, 3.63) is 48.0 Å². The number of carbonyl (C=O) groups is 2. The molecule has 1 saturated heterocycles. The third-order valence-corrected chi connectivity index (χ3v) is 11.0. The summed E-state index contributed by atoms with van der Waals surface area (Å²) in [7, 11) is 0. The average molecular weight is 519 g/mol. The van der Waals surface area contributed by atoms with Gasteiger partial charge >= 0.3 is 5.97 Å². The quantitative estimate of drug-likeness (QED) is 0.319. The molecule has 0 spiro atoms. The Morgan fingerprint density at radius 2 is 1.95 bits per heavy atom. The number of hydrogen-bond donors (Lipinski definition) is 1. The van der Waals surface area contributed by atoms with Gasteiger partial charge in [0.15, 0.2) is 0 Å². The maximum Gasteiger partial charge on any atom is 0.302 e. The van der Waals surface area contributed by atoms with E-state index >= 15 is 0 Å². The molecule has 1 N–H and O–H groups in total. The topological polar surface area (TPSA) is 77.0 Å². The maximum absolute atomic E-state index is 13.0. The lowest BCUT2D eigenvalue weighted by molar-refractivity contribution is -0.158. The molecule has 8 atom stereocenters. The van der Waals surface area contributed by atoms with Crippen LogP contribution < -0.4 is 5.32 Å². The van der Waals surface area contributed by atoms with E-state index in [0.29, 0.717) is 36.6 Å². The second-order valence-corrected chi connectivity index (χ2v) is 12.8. The molecule has 6 nitrogen and oxygen atoms in total. The lowest BCUT2D eigenvalue weighted by Crippen LogP contribution is -2.59. The number of oxime groups is 1. The zero-order valence-corrected chi connectivity index (χ0v) is 22.9. The molecule has 6 heteroatoms. The van der Waals surface area contributed by atoms with Gasteiger partial charge in [-0.2, -0.15) is 0 Å². The lowest BCUT2D eigenvalue weighted by atomic mass is 9.42. The number of Topliss-reactive ketones (excluding diaryl/α,β-unsaturated/α-hetero) is 1. The third kappa shape index (κ3) is 4.14. The Kier molecular flexibility index (Phi) is 6.74. The van der Waals surface area contributed by atoms with Crippen molar-refractivity contribution < 1.29 is 19.2 Å². The van der Waals surface area contributed by atoms with Crippen molar-refractivity contribution in [2.45, 2.75) is 77.2 Å². The monoisotopic (exact) mass is 518 g/mol. The van der Waals surface area contributed by atoms with Crippen LogP contribution in [0.1, 0.15) is 76.7 Å². The molecule has 0 bridgehead atoms. The van der Waals surface area contributed by atoms with Crippen molar-refractivity contribution in [1.82, 2.24) is 5.32 Å². The summed E-state index contributed by atoms with van der Waals surface area (Å²) >= 11 is 0. The highest BCUT2D eigenvalue weighted by Crippen LogP contribution is 2.68. The second-order valence-electron chi connectivity index (χ2n) is 12.8. The van der Waals surface area contributed by atoms with Crippen molar-refractivity contribution in [2.24, 2.45) is 39.7 Å². The van der Waals surface area contributed by atoms with Gasteiger partial charge in [0.05, 0.1) is 12.3 Å². The molecule has 1 aromatic carbocycles. The first-order valence-electron chi connectivity index (χ1n) is 14.7. The molecule has 1 aliphatic heterocycles. The largest absolute Gasteiger partial charge is 0.465 e. The van der Waals surface area contributed by atoms with Crippen molar-refractivity contribution in [2.75, 3.05) is 19.7 Å². The van der Waals surface area contributed by atoms with E-state index in [1.807, 2.05) is 0 Å². The molecule has 204 valence electrons. The summed E-state index contributed by atoms with van der Waals surface area (Å²) in [5.41, 5.74) is 3.12. The minimum absolute atomic E-state index is 0.0434. The van der Waals surface area contributed by atoms with E-state index in [9.17, 15) is 9.59 Å². The summed E-state index contributed by atoms with van der Waals surface area (Å²) in [4.78, 5) is 31.3. The van der Waals surface area contributed by atoms with Crippen molar-refractivity contribution in [3.63, 3.8) is 0 Å². The van der Waals surface area contributed by atoms with E-state index < -0.39 is 0 Å². The Bertz CT molecular complexity index is 1130. The van der Waals surface area contributed by atoms with Gasteiger partial charge in [0.25, 0.3) is 0 Å². The van der Waals surface area contributed by atoms with E-state index in [-0.39, 0.29) is 34.7 Å². The number of carbonyl (C=O) groups excluding carboxylic acids is 2. The van der Waals surface area contributed by atoms with Gasteiger partial charge in [-0.15, -0.1) is 0 Å². The summed E-state index contributed by atoms with van der Waals surface area (Å²) < 4.78 is 5.93. The SMILES string of the molecule is C=C1CC2C3CCC(=O)C3(C)CCC2C2(COC(C)=O)CCC(=NOC3CCNC3)C(c3ccccc3)C12. The Morgan fingerprint density at radius 3 is 2.68 bits per heavy atom. The predicted molar refractivity (Wildman–Crippen MR) is 147 cm³/mol. The molecule has 1 heterocycles. The average Bonchev–Trinajstić information content (AvgIpc) is 3.54. The van der Waals surface area contributed by atoms with Gasteiger partial charge in [-0.1, -0.05) is 54.6 Å². The Balaban J connectivity index is 1.42. The van der Waals surface area contributed by atoms with Crippen LogP contribution in [0, 0.1) is 34.5 Å². The Hall–Kier alpha value is -2.47. The van der Waals surface area contributed by atoms with E-state index in [0.717, 1.165) is 63.7 Å². The summed E-state index contributed by atoms with van der Waals surface area (Å²) in [5.74, 6) is 1.58. The van der Waals surface area contributed by atoms with Gasteiger partial charge in [-0.3, -0.25) is 9.59 Å². The molecule has 38 heavy (non-hydrogen) atoms. The minimum Gasteiger partial charge on any atom is -0.465 e. The summed E-state index contributed by atoms with van der Waals surface area (Å²) in [6.07, 6.45) is 7.37. The lowest BCUT2D eigenvalue weighted by Gasteiger charge is -2.62. The standard InChI is InChI=1S/C32H42N2O4/c1-20-17-24-25-9-10-28(36)31(25,3)14-11-26(24)32(19-37-21(2)35)15-12-27(34-38-23-13-16-33-18-23)29(30(20)32)22-7-5-4-6-8-22/h4-8,23-26,29-30,33H,1,9-19H2,2-3H3. The normalized spacial score (nSPS) is 41.4. The fourth-order valence-corrected chi connectivity index (χ4v) is 9.25. The van der Waals surface area contributed by atoms with Gasteiger partial charge in [0.2, 0.25) is 0 Å². The van der Waals surface area contributed by atoms with Crippen LogP contribution in [-0.4, -0.2) is 43.3 Å². The van der Waals surface area contributed by atoms with Gasteiger partial charge in [-0.25, -0.2) is 0 Å². The molecule has 6 rings (SSSR count). The number of hydrogen-bond acceptors (Lipinski definition) is 6. The number of benzene rings is 1. The molecule has 1 aromatic rings. The second kappa shape index (κ2) is 9.93. The molecule has 0 amide bonds. The van der Waals surface area contributed by atoms with Crippen LogP contribution in [-0.2, 0) is 19.2 Å². The highest BCUT2D eigenvalue weighted by Gasteiger charge is 2.64. The fraction of sp³-hybridized carbons (Fsp3) is 0.656. The number of ether oxygens (including phenoxy) is 1. The molecular formula is C32H42N2O4. The zero-order chi connectivity index (χ0) is 26.5. The number of fused-ring (bicyclic) bond motifs is 5. The van der Waals surface area contributed by atoms with Crippen LogP contribution in [0.25, 0.3) is 0 Å². The van der Waals surface area contributed by atoms with Crippen LogP contribution in [0.2, 0.25) is 0 Å². The van der Waals surface area contributed by atoms with Crippen LogP contribution in [0.4, 0.5) is 0 Å². The maximum atomic E-state index is 13.0. The first-order valence-corrected chi connectivity index (χ1v) is 14.7. The van der Waals surface area contributed by atoms with Gasteiger partial charge < -0.3 is 14.9 Å². The van der Waals surface area contributed by atoms with Crippen LogP contribution in [0.15, 0.2) is 47.6 Å². The van der Waals surface area contributed by atoms with E-state index in [2.05, 4.69) is 42.6 Å². The fourth-order valence-electron chi connectivity index (χ4n) is 9.25. The summed E-state index contributed by atoms with van der Waals surface area (Å²) in [6.45, 7) is 10.7. The first-order chi connectivity index (χ1) is 18.3. The zero-order valence-electron chi connectivity index (χ0n) is 22.9. The van der Waals surface area contributed by atoms with Crippen LogP contribution in [0.3, 0.4) is 0 Å². The van der Waals surface area contributed by atoms with Crippen molar-refractivity contribution in [3.8, 4) is 0 Å². The van der Waals surface area contributed by atoms with Crippen LogP contribution in [0.5, 0.6) is 0 Å². The first kappa shape index (κ1) is 25.8. The number of allylic oxidation sites excluding steroid dienone is 1. The summed E-state index contributed by atoms with van der Waals surface area (Å²) in [5, 5.41) is 8.20. The predicted octanol–water partition coefficient (Wildman–Crippen LogP) is 5.44. The number of rotatable bonds is 5. The summed E-state index contributed by atoms with van der Waals surface area (Å²) in [6, 6.07) is 10.7. The molecule has 0 radical (unpaired) electrons. The third-order valence-electron chi connectivity index (χ3n) is 11.0. The molecule has 5 fully saturated rings. The Labute approximate surface area is 226 Å². The molecule has 4 saturated carbocycles. The minimum atomic E-state index is -0.227. The van der Waals surface area contributed by atoms with Gasteiger partial charge in [0, 0.05) is 49.0 Å². The number of nitrogens with zero attached hydrogens (tertiary/aromatic N) is 1. The van der Waals surface area contributed by atoms with E-state index in [1.54, 1.807) is 0 Å². The number of esters is 1. The van der Waals surface area contributed by atoms with E-state index in [1.165, 1.54) is 18.1 Å². The highest BCUT2D eigenvalue weighted by molar-refractivity contribution is 5.92. The van der Waals surface area contributed by atoms with E-state index in [4.69, 9.17) is 21.3 Å². The molecular weight excluding hydrogens is 476 g/mol. The molecule has 8 unspecified atom stereocenters. The molecule has 5 aliphatic rings. The number of nitrogens with one attached hydrogen (secondary N) is 1. The highest BCUT2D eigenvalue weighted by atomic mass is 16.6.